The SMILES string of the molecule is Cc1ccc(Cl)cc1Oc1ccc(Nc2snc(O)c2C(=N)NC(C)C)cc1. The molecule has 28 heavy (non-hydrogen) atoms. The van der Waals surface area contributed by atoms with Crippen LogP contribution in [0.3, 0.4) is 0 Å². The number of nitrogens with one attached hydrogen (secondary N) is 3. The molecule has 0 atom stereocenters. The predicted octanol–water partition coefficient (Wildman–Crippen LogP) is 5.67. The molecule has 0 aliphatic carbocycles. The van der Waals surface area contributed by atoms with Gasteiger partial charge in [0.05, 0.1) is 0 Å². The Labute approximate surface area is 172 Å². The summed E-state index contributed by atoms with van der Waals surface area (Å²) in [6.07, 6.45) is 0. The van der Waals surface area contributed by atoms with Crippen molar-refractivity contribution in [3.8, 4) is 17.4 Å². The average Bonchev–Trinajstić information content (AvgIpc) is 2.99. The van der Waals surface area contributed by atoms with Gasteiger partial charge in [-0.05, 0) is 74.3 Å². The minimum atomic E-state index is -0.165. The highest BCUT2D eigenvalue weighted by Gasteiger charge is 2.18. The lowest BCUT2D eigenvalue weighted by Crippen LogP contribution is -2.30. The van der Waals surface area contributed by atoms with Crippen molar-refractivity contribution in [2.45, 2.75) is 26.8 Å². The summed E-state index contributed by atoms with van der Waals surface area (Å²) < 4.78 is 9.85. The second kappa shape index (κ2) is 8.50. The van der Waals surface area contributed by atoms with Crippen LogP contribution in [0.1, 0.15) is 25.0 Å². The molecule has 3 rings (SSSR count). The van der Waals surface area contributed by atoms with Crippen LogP contribution in [0.4, 0.5) is 10.7 Å². The molecular weight excluding hydrogens is 396 g/mol. The maximum absolute atomic E-state index is 10.00. The van der Waals surface area contributed by atoms with Gasteiger partial charge in [-0.25, -0.2) is 0 Å². The topological polar surface area (TPSA) is 90.3 Å². The van der Waals surface area contributed by atoms with Crippen molar-refractivity contribution >= 4 is 39.7 Å². The standard InChI is InChI=1S/C20H21ClN4O2S/c1-11(2)23-18(22)17-19(26)25-28-20(17)24-14-6-8-15(9-7-14)27-16-10-13(21)5-4-12(16)3/h4-11,24H,1-3H3,(H2,22,23)(H,25,26). The second-order valence-electron chi connectivity index (χ2n) is 6.55. The molecule has 0 aliphatic heterocycles. The summed E-state index contributed by atoms with van der Waals surface area (Å²) in [6, 6.07) is 13.0. The Hall–Kier alpha value is -2.77. The van der Waals surface area contributed by atoms with Crippen LogP contribution in [0.15, 0.2) is 42.5 Å². The Morgan fingerprint density at radius 3 is 2.61 bits per heavy atom. The molecule has 8 heteroatoms. The molecule has 1 aromatic heterocycles. The summed E-state index contributed by atoms with van der Waals surface area (Å²) in [5.74, 6) is 1.34. The van der Waals surface area contributed by atoms with Gasteiger partial charge in [0.2, 0.25) is 5.88 Å². The zero-order valence-electron chi connectivity index (χ0n) is 15.7. The third-order valence-corrected chi connectivity index (χ3v) is 4.84. The molecule has 4 N–H and O–H groups in total. The zero-order valence-corrected chi connectivity index (χ0v) is 17.3. The molecule has 0 bridgehead atoms. The van der Waals surface area contributed by atoms with Crippen molar-refractivity contribution in [2.75, 3.05) is 5.32 Å². The molecule has 0 saturated carbocycles. The van der Waals surface area contributed by atoms with E-state index in [2.05, 4.69) is 15.0 Å². The van der Waals surface area contributed by atoms with Gasteiger partial charge in [0.25, 0.3) is 0 Å². The van der Waals surface area contributed by atoms with Crippen LogP contribution < -0.4 is 15.4 Å². The number of aryl methyl sites for hydroxylation is 1. The molecule has 0 spiro atoms. The van der Waals surface area contributed by atoms with Crippen molar-refractivity contribution in [3.63, 3.8) is 0 Å². The molecular formula is C20H21ClN4O2S. The fourth-order valence-electron chi connectivity index (χ4n) is 2.50. The Balaban J connectivity index is 1.75. The van der Waals surface area contributed by atoms with E-state index >= 15 is 0 Å². The molecule has 0 unspecified atom stereocenters. The molecule has 0 amide bonds. The van der Waals surface area contributed by atoms with Gasteiger partial charge in [0, 0.05) is 16.8 Å². The van der Waals surface area contributed by atoms with E-state index in [0.717, 1.165) is 22.8 Å². The van der Waals surface area contributed by atoms with Crippen LogP contribution in [0, 0.1) is 12.3 Å². The van der Waals surface area contributed by atoms with Crippen LogP contribution in [0.2, 0.25) is 5.02 Å². The Morgan fingerprint density at radius 1 is 1.21 bits per heavy atom. The van der Waals surface area contributed by atoms with Gasteiger partial charge in [0.1, 0.15) is 27.9 Å². The number of aromatic hydroxyl groups is 1. The van der Waals surface area contributed by atoms with Crippen LogP contribution in [-0.4, -0.2) is 21.4 Å². The van der Waals surface area contributed by atoms with Crippen molar-refractivity contribution in [2.24, 2.45) is 0 Å². The first-order valence-electron chi connectivity index (χ1n) is 8.68. The van der Waals surface area contributed by atoms with Gasteiger partial charge in [-0.1, -0.05) is 17.7 Å². The molecule has 3 aromatic rings. The average molecular weight is 417 g/mol. The minimum absolute atomic E-state index is 0.0750. The van der Waals surface area contributed by atoms with E-state index in [-0.39, 0.29) is 17.8 Å². The van der Waals surface area contributed by atoms with E-state index in [9.17, 15) is 5.11 Å². The lowest BCUT2D eigenvalue weighted by molar-refractivity contribution is 0.458. The number of hydrogen-bond acceptors (Lipinski definition) is 6. The Kier molecular flexibility index (Phi) is 6.06. The van der Waals surface area contributed by atoms with Crippen LogP contribution in [0.5, 0.6) is 17.4 Å². The molecule has 0 saturated heterocycles. The van der Waals surface area contributed by atoms with Crippen molar-refractivity contribution < 1.29 is 9.84 Å². The maximum atomic E-state index is 10.00. The number of benzene rings is 2. The predicted molar refractivity (Wildman–Crippen MR) is 115 cm³/mol. The number of amidine groups is 1. The molecule has 146 valence electrons. The highest BCUT2D eigenvalue weighted by Crippen LogP contribution is 2.33. The minimum Gasteiger partial charge on any atom is -0.492 e. The summed E-state index contributed by atoms with van der Waals surface area (Å²) in [5, 5.41) is 25.5. The van der Waals surface area contributed by atoms with E-state index in [4.69, 9.17) is 21.7 Å². The number of aromatic nitrogens is 1. The molecule has 0 aliphatic rings. The van der Waals surface area contributed by atoms with E-state index in [0.29, 0.717) is 27.1 Å². The number of hydrogen-bond donors (Lipinski definition) is 4. The Morgan fingerprint density at radius 2 is 1.93 bits per heavy atom. The lowest BCUT2D eigenvalue weighted by atomic mass is 10.2. The lowest BCUT2D eigenvalue weighted by Gasteiger charge is -2.13. The van der Waals surface area contributed by atoms with Crippen LogP contribution in [-0.2, 0) is 0 Å². The van der Waals surface area contributed by atoms with Crippen molar-refractivity contribution in [1.29, 1.82) is 5.41 Å². The highest BCUT2D eigenvalue weighted by molar-refractivity contribution is 7.11. The van der Waals surface area contributed by atoms with E-state index < -0.39 is 0 Å². The monoisotopic (exact) mass is 416 g/mol. The van der Waals surface area contributed by atoms with E-state index in [1.807, 2.05) is 57.2 Å². The van der Waals surface area contributed by atoms with Gasteiger partial charge in [-0.15, -0.1) is 0 Å². The van der Waals surface area contributed by atoms with E-state index in [1.54, 1.807) is 6.07 Å². The first kappa shape index (κ1) is 20.0. The second-order valence-corrected chi connectivity index (χ2v) is 7.76. The third kappa shape index (κ3) is 4.74. The molecule has 6 nitrogen and oxygen atoms in total. The van der Waals surface area contributed by atoms with Gasteiger partial charge in [0.15, 0.2) is 0 Å². The van der Waals surface area contributed by atoms with Crippen LogP contribution in [0.25, 0.3) is 0 Å². The number of rotatable bonds is 6. The number of ether oxygens (including phenoxy) is 1. The smallest absolute Gasteiger partial charge is 0.236 e. The van der Waals surface area contributed by atoms with Crippen LogP contribution >= 0.6 is 23.1 Å². The summed E-state index contributed by atoms with van der Waals surface area (Å²) >= 11 is 7.13. The fraction of sp³-hybridized carbons (Fsp3) is 0.200. The number of nitrogens with zero attached hydrogens (tertiary/aromatic N) is 1. The number of anilines is 2. The van der Waals surface area contributed by atoms with Gasteiger partial charge in [-0.2, -0.15) is 4.37 Å². The Bertz CT molecular complexity index is 986. The van der Waals surface area contributed by atoms with Gasteiger partial charge in [-0.3, -0.25) is 5.41 Å². The highest BCUT2D eigenvalue weighted by atomic mass is 35.5. The zero-order chi connectivity index (χ0) is 20.3. The summed E-state index contributed by atoms with van der Waals surface area (Å²) in [7, 11) is 0. The largest absolute Gasteiger partial charge is 0.492 e. The quantitative estimate of drug-likeness (QED) is 0.307. The normalized spacial score (nSPS) is 10.8. The number of halogens is 1. The third-order valence-electron chi connectivity index (χ3n) is 3.85. The van der Waals surface area contributed by atoms with Crippen molar-refractivity contribution in [3.05, 3.63) is 58.6 Å². The van der Waals surface area contributed by atoms with Crippen molar-refractivity contribution in [1.82, 2.24) is 9.69 Å². The first-order chi connectivity index (χ1) is 13.3. The first-order valence-corrected chi connectivity index (χ1v) is 9.84. The molecule has 0 radical (unpaired) electrons. The molecule has 1 heterocycles. The maximum Gasteiger partial charge on any atom is 0.236 e. The molecule has 2 aromatic carbocycles. The van der Waals surface area contributed by atoms with Gasteiger partial charge < -0.3 is 20.5 Å². The summed E-state index contributed by atoms with van der Waals surface area (Å²) in [6.45, 7) is 5.82. The molecule has 0 fully saturated rings. The van der Waals surface area contributed by atoms with Gasteiger partial charge >= 0.3 is 0 Å². The van der Waals surface area contributed by atoms with E-state index in [1.165, 1.54) is 0 Å². The summed E-state index contributed by atoms with van der Waals surface area (Å²) in [4.78, 5) is 0. The fourth-order valence-corrected chi connectivity index (χ4v) is 3.38. The summed E-state index contributed by atoms with van der Waals surface area (Å²) in [5.41, 5.74) is 2.14.